The Labute approximate surface area is 140 Å². The van der Waals surface area contributed by atoms with Gasteiger partial charge < -0.3 is 5.32 Å². The van der Waals surface area contributed by atoms with Gasteiger partial charge in [0.1, 0.15) is 0 Å². The van der Waals surface area contributed by atoms with E-state index in [1.807, 2.05) is 31.2 Å². The summed E-state index contributed by atoms with van der Waals surface area (Å²) in [6, 6.07) is 7.52. The standard InChI is InChI=1S/C16H22BrNO3S/c1-12(14-8-4-5-9-15(14)17)18-16(19)10-11-22(20,21)13-6-2-3-7-13/h4-5,8-9,12-13H,2-3,6-7,10-11H2,1H3,(H,18,19)/t12-/m1/s1. The van der Waals surface area contributed by atoms with Gasteiger partial charge >= 0.3 is 0 Å². The Balaban J connectivity index is 1.86. The zero-order valence-electron chi connectivity index (χ0n) is 12.7. The lowest BCUT2D eigenvalue weighted by Crippen LogP contribution is -2.30. The van der Waals surface area contributed by atoms with Gasteiger partial charge in [0.25, 0.3) is 0 Å². The summed E-state index contributed by atoms with van der Waals surface area (Å²) in [4.78, 5) is 12.0. The molecule has 1 saturated carbocycles. The Morgan fingerprint density at radius 1 is 1.32 bits per heavy atom. The topological polar surface area (TPSA) is 63.2 Å². The van der Waals surface area contributed by atoms with Crippen LogP contribution in [0.3, 0.4) is 0 Å². The number of carbonyl (C=O) groups is 1. The molecule has 0 heterocycles. The third-order valence-corrected chi connectivity index (χ3v) is 7.16. The van der Waals surface area contributed by atoms with E-state index >= 15 is 0 Å². The lowest BCUT2D eigenvalue weighted by molar-refractivity contribution is -0.121. The van der Waals surface area contributed by atoms with E-state index in [1.54, 1.807) is 0 Å². The van der Waals surface area contributed by atoms with E-state index in [4.69, 9.17) is 0 Å². The average molecular weight is 388 g/mol. The molecule has 1 amide bonds. The Morgan fingerprint density at radius 2 is 1.95 bits per heavy atom. The largest absolute Gasteiger partial charge is 0.350 e. The fraction of sp³-hybridized carbons (Fsp3) is 0.562. The molecule has 0 saturated heterocycles. The number of hydrogen-bond donors (Lipinski definition) is 1. The third kappa shape index (κ3) is 4.56. The Morgan fingerprint density at radius 3 is 2.59 bits per heavy atom. The van der Waals surface area contributed by atoms with Crippen LogP contribution in [-0.4, -0.2) is 25.3 Å². The molecule has 6 heteroatoms. The molecule has 0 aliphatic heterocycles. The summed E-state index contributed by atoms with van der Waals surface area (Å²) in [5.41, 5.74) is 0.981. The van der Waals surface area contributed by atoms with E-state index in [2.05, 4.69) is 21.2 Å². The van der Waals surface area contributed by atoms with Gasteiger partial charge in [0.05, 0.1) is 17.0 Å². The monoisotopic (exact) mass is 387 g/mol. The molecule has 0 spiro atoms. The van der Waals surface area contributed by atoms with Gasteiger partial charge in [-0.2, -0.15) is 0 Å². The smallest absolute Gasteiger partial charge is 0.221 e. The van der Waals surface area contributed by atoms with Crippen LogP contribution >= 0.6 is 15.9 Å². The summed E-state index contributed by atoms with van der Waals surface area (Å²) in [5.74, 6) is -0.267. The molecule has 2 rings (SSSR count). The average Bonchev–Trinajstić information content (AvgIpc) is 3.00. The van der Waals surface area contributed by atoms with Crippen molar-refractivity contribution in [3.63, 3.8) is 0 Å². The van der Waals surface area contributed by atoms with Gasteiger partial charge in [0.2, 0.25) is 5.91 Å². The molecule has 122 valence electrons. The highest BCUT2D eigenvalue weighted by molar-refractivity contribution is 9.10. The lowest BCUT2D eigenvalue weighted by Gasteiger charge is -2.16. The van der Waals surface area contributed by atoms with Crippen LogP contribution in [0.15, 0.2) is 28.7 Å². The van der Waals surface area contributed by atoms with Crippen molar-refractivity contribution in [1.82, 2.24) is 5.32 Å². The van der Waals surface area contributed by atoms with E-state index in [-0.39, 0.29) is 29.4 Å². The molecular weight excluding hydrogens is 366 g/mol. The van der Waals surface area contributed by atoms with Crippen LogP contribution in [0.4, 0.5) is 0 Å². The van der Waals surface area contributed by atoms with Crippen LogP contribution in [0.25, 0.3) is 0 Å². The highest BCUT2D eigenvalue weighted by atomic mass is 79.9. The molecule has 0 aromatic heterocycles. The molecule has 4 nitrogen and oxygen atoms in total. The maximum Gasteiger partial charge on any atom is 0.221 e. The first-order valence-electron chi connectivity index (χ1n) is 7.65. The molecule has 1 aliphatic carbocycles. The van der Waals surface area contributed by atoms with Crippen LogP contribution in [-0.2, 0) is 14.6 Å². The fourth-order valence-corrected chi connectivity index (χ4v) is 5.35. The number of hydrogen-bond acceptors (Lipinski definition) is 3. The number of sulfone groups is 1. The second-order valence-electron chi connectivity index (χ2n) is 5.83. The first kappa shape index (κ1) is 17.5. The molecule has 1 aromatic rings. The van der Waals surface area contributed by atoms with Crippen LogP contribution in [0.1, 0.15) is 50.6 Å². The summed E-state index contributed by atoms with van der Waals surface area (Å²) in [7, 11) is -3.13. The first-order chi connectivity index (χ1) is 10.4. The molecule has 1 N–H and O–H groups in total. The first-order valence-corrected chi connectivity index (χ1v) is 10.2. The van der Waals surface area contributed by atoms with Crippen molar-refractivity contribution in [1.29, 1.82) is 0 Å². The lowest BCUT2D eigenvalue weighted by atomic mass is 10.1. The quantitative estimate of drug-likeness (QED) is 0.813. The van der Waals surface area contributed by atoms with Gasteiger partial charge in [-0.1, -0.05) is 47.0 Å². The molecule has 1 fully saturated rings. The van der Waals surface area contributed by atoms with E-state index in [0.717, 1.165) is 35.7 Å². The van der Waals surface area contributed by atoms with Crippen molar-refractivity contribution < 1.29 is 13.2 Å². The summed E-state index contributed by atoms with van der Waals surface area (Å²) >= 11 is 3.46. The number of rotatable bonds is 6. The van der Waals surface area contributed by atoms with Gasteiger partial charge in [-0.05, 0) is 31.4 Å². The zero-order valence-corrected chi connectivity index (χ0v) is 15.1. The number of carbonyl (C=O) groups excluding carboxylic acids is 1. The summed E-state index contributed by atoms with van der Waals surface area (Å²) in [6.45, 7) is 1.89. The van der Waals surface area contributed by atoms with Gasteiger partial charge in [0, 0.05) is 10.9 Å². The minimum Gasteiger partial charge on any atom is -0.350 e. The molecule has 0 bridgehead atoms. The van der Waals surface area contributed by atoms with Gasteiger partial charge in [0.15, 0.2) is 9.84 Å². The number of halogens is 1. The maximum absolute atomic E-state index is 12.2. The second-order valence-corrected chi connectivity index (χ2v) is 9.09. The fourth-order valence-electron chi connectivity index (χ4n) is 2.87. The summed E-state index contributed by atoms with van der Waals surface area (Å²) < 4.78 is 25.3. The molecule has 1 aliphatic rings. The van der Waals surface area contributed by atoms with Gasteiger partial charge in [-0.25, -0.2) is 8.42 Å². The van der Waals surface area contributed by atoms with E-state index in [0.29, 0.717) is 0 Å². The van der Waals surface area contributed by atoms with Gasteiger partial charge in [-0.15, -0.1) is 0 Å². The van der Waals surface area contributed by atoms with Crippen molar-refractivity contribution in [2.45, 2.75) is 50.3 Å². The van der Waals surface area contributed by atoms with Gasteiger partial charge in [-0.3, -0.25) is 4.79 Å². The molecule has 1 aromatic carbocycles. The molecule has 0 unspecified atom stereocenters. The summed E-state index contributed by atoms with van der Waals surface area (Å²) in [6.07, 6.45) is 3.49. The van der Waals surface area contributed by atoms with Crippen LogP contribution in [0, 0.1) is 0 Å². The normalized spacial score (nSPS) is 17.4. The Hall–Kier alpha value is -0.880. The minimum absolute atomic E-state index is 0.0353. The highest BCUT2D eigenvalue weighted by Gasteiger charge is 2.29. The SMILES string of the molecule is C[C@@H](NC(=O)CCS(=O)(=O)C1CCCC1)c1ccccc1Br. The van der Waals surface area contributed by atoms with Crippen molar-refractivity contribution in [2.24, 2.45) is 0 Å². The van der Waals surface area contributed by atoms with Crippen LogP contribution in [0.2, 0.25) is 0 Å². The van der Waals surface area contributed by atoms with Crippen molar-refractivity contribution >= 4 is 31.7 Å². The van der Waals surface area contributed by atoms with Crippen molar-refractivity contribution in [3.05, 3.63) is 34.3 Å². The maximum atomic E-state index is 12.2. The van der Waals surface area contributed by atoms with Crippen molar-refractivity contribution in [3.8, 4) is 0 Å². The molecular formula is C16H22BrNO3S. The molecule has 1 atom stereocenters. The minimum atomic E-state index is -3.13. The van der Waals surface area contributed by atoms with E-state index in [1.165, 1.54) is 0 Å². The molecule has 22 heavy (non-hydrogen) atoms. The number of nitrogens with one attached hydrogen (secondary N) is 1. The van der Waals surface area contributed by atoms with E-state index in [9.17, 15) is 13.2 Å². The van der Waals surface area contributed by atoms with Crippen molar-refractivity contribution in [2.75, 3.05) is 5.75 Å². The number of amides is 1. The highest BCUT2D eigenvalue weighted by Crippen LogP contribution is 2.26. The number of benzene rings is 1. The second kappa shape index (κ2) is 7.59. The summed E-state index contributed by atoms with van der Waals surface area (Å²) in [5, 5.41) is 2.63. The predicted octanol–water partition coefficient (Wildman–Crippen LogP) is 3.37. The van der Waals surface area contributed by atoms with Crippen LogP contribution < -0.4 is 5.32 Å². The zero-order chi connectivity index (χ0) is 16.2. The van der Waals surface area contributed by atoms with Crippen LogP contribution in [0.5, 0.6) is 0 Å². The Bertz CT molecular complexity index is 624. The van der Waals surface area contributed by atoms with E-state index < -0.39 is 9.84 Å². The Kier molecular flexibility index (Phi) is 6.03. The third-order valence-electron chi connectivity index (χ3n) is 4.17. The molecule has 0 radical (unpaired) electrons. The predicted molar refractivity (Wildman–Crippen MR) is 91.4 cm³/mol.